The van der Waals surface area contributed by atoms with Gasteiger partial charge in [-0.05, 0) is 48.9 Å². The number of aromatic carboxylic acids is 2. The predicted octanol–water partition coefficient (Wildman–Crippen LogP) is 4.24. The van der Waals surface area contributed by atoms with E-state index in [9.17, 15) is 9.59 Å². The van der Waals surface area contributed by atoms with Crippen LogP contribution in [0.25, 0.3) is 0 Å². The van der Waals surface area contributed by atoms with E-state index in [1.54, 1.807) is 24.5 Å². The van der Waals surface area contributed by atoms with Gasteiger partial charge in [-0.1, -0.05) is 38.8 Å². The van der Waals surface area contributed by atoms with Crippen LogP contribution in [0.5, 0.6) is 0 Å². The molecule has 0 unspecified atom stereocenters. The fraction of sp³-hybridized carbons (Fsp3) is 0.400. The molecule has 2 rings (SSSR count). The maximum atomic E-state index is 10.5. The van der Waals surface area contributed by atoms with E-state index >= 15 is 0 Å². The van der Waals surface area contributed by atoms with Crippen molar-refractivity contribution in [3.8, 4) is 0 Å². The standard InChI is InChI=1S/2C10H13NO2.Fe/c2*1-2-3-4-8-5-6-9(10(12)13)11-7-8;/h2*5-7H,2-4H2,1H3,(H,12,13);. The van der Waals surface area contributed by atoms with Gasteiger partial charge >= 0.3 is 11.9 Å². The van der Waals surface area contributed by atoms with Crippen molar-refractivity contribution in [2.24, 2.45) is 0 Å². The van der Waals surface area contributed by atoms with E-state index in [0.717, 1.165) is 49.7 Å². The zero-order valence-corrected chi connectivity index (χ0v) is 16.8. The van der Waals surface area contributed by atoms with Gasteiger partial charge in [0.05, 0.1) is 0 Å². The van der Waals surface area contributed by atoms with Gasteiger partial charge in [0, 0.05) is 29.5 Å². The summed E-state index contributed by atoms with van der Waals surface area (Å²) in [5.41, 5.74) is 2.43. The number of hydrogen-bond acceptors (Lipinski definition) is 4. The van der Waals surface area contributed by atoms with Gasteiger partial charge in [-0.15, -0.1) is 0 Å². The zero-order chi connectivity index (χ0) is 19.4. The van der Waals surface area contributed by atoms with Crippen LogP contribution in [-0.4, -0.2) is 32.1 Å². The maximum Gasteiger partial charge on any atom is 0.354 e. The molecule has 6 nitrogen and oxygen atoms in total. The Bertz CT molecular complexity index is 627. The van der Waals surface area contributed by atoms with Crippen molar-refractivity contribution in [1.82, 2.24) is 9.97 Å². The minimum absolute atomic E-state index is 0. The summed E-state index contributed by atoms with van der Waals surface area (Å²) >= 11 is 0. The van der Waals surface area contributed by atoms with Crippen molar-refractivity contribution in [1.29, 1.82) is 0 Å². The summed E-state index contributed by atoms with van der Waals surface area (Å²) in [5, 5.41) is 17.2. The Morgan fingerprint density at radius 2 is 1.15 bits per heavy atom. The third-order valence-corrected chi connectivity index (χ3v) is 3.73. The number of aryl methyl sites for hydroxylation is 2. The Hall–Kier alpha value is -2.24. The van der Waals surface area contributed by atoms with E-state index in [1.165, 1.54) is 0 Å². The van der Waals surface area contributed by atoms with E-state index in [1.807, 2.05) is 12.1 Å². The number of rotatable bonds is 8. The van der Waals surface area contributed by atoms with Crippen LogP contribution in [0.4, 0.5) is 0 Å². The minimum atomic E-state index is -0.970. The van der Waals surface area contributed by atoms with Crippen LogP contribution in [-0.2, 0) is 29.9 Å². The van der Waals surface area contributed by atoms with Crippen LogP contribution >= 0.6 is 0 Å². The van der Waals surface area contributed by atoms with Crippen LogP contribution in [0, 0.1) is 0 Å². The van der Waals surface area contributed by atoms with Gasteiger partial charge in [-0.25, -0.2) is 19.6 Å². The minimum Gasteiger partial charge on any atom is -0.477 e. The molecule has 0 bridgehead atoms. The van der Waals surface area contributed by atoms with E-state index < -0.39 is 11.9 Å². The largest absolute Gasteiger partial charge is 0.477 e. The molecule has 0 atom stereocenters. The Kier molecular flexibility index (Phi) is 12.7. The summed E-state index contributed by atoms with van der Waals surface area (Å²) in [7, 11) is 0. The first-order valence-electron chi connectivity index (χ1n) is 8.84. The van der Waals surface area contributed by atoms with Gasteiger partial charge < -0.3 is 10.2 Å². The van der Waals surface area contributed by atoms with E-state index in [4.69, 9.17) is 10.2 Å². The summed E-state index contributed by atoms with van der Waals surface area (Å²) in [5.74, 6) is -1.94. The molecule has 148 valence electrons. The molecule has 2 N–H and O–H groups in total. The van der Waals surface area contributed by atoms with Crippen molar-refractivity contribution >= 4 is 11.9 Å². The van der Waals surface area contributed by atoms with Crippen LogP contribution in [0.1, 0.15) is 71.6 Å². The molecule has 0 saturated heterocycles. The second-order valence-corrected chi connectivity index (χ2v) is 5.92. The second kappa shape index (κ2) is 13.9. The number of unbranched alkanes of at least 4 members (excludes halogenated alkanes) is 2. The van der Waals surface area contributed by atoms with Gasteiger partial charge in [0.1, 0.15) is 11.4 Å². The van der Waals surface area contributed by atoms with Gasteiger partial charge in [-0.3, -0.25) is 0 Å². The van der Waals surface area contributed by atoms with Crippen LogP contribution in [0.3, 0.4) is 0 Å². The quantitative estimate of drug-likeness (QED) is 0.627. The molecule has 7 heteroatoms. The van der Waals surface area contributed by atoms with Crippen molar-refractivity contribution in [3.63, 3.8) is 0 Å². The summed E-state index contributed by atoms with van der Waals surface area (Å²) in [6.07, 6.45) is 9.74. The molecule has 2 heterocycles. The normalized spacial score (nSPS) is 9.56. The molecule has 0 aliphatic carbocycles. The first kappa shape index (κ1) is 24.8. The number of hydrogen-bond donors (Lipinski definition) is 2. The third-order valence-electron chi connectivity index (χ3n) is 3.73. The Labute approximate surface area is 170 Å². The number of carbonyl (C=O) groups is 2. The molecule has 2 aromatic rings. The van der Waals surface area contributed by atoms with Crippen LogP contribution in [0.15, 0.2) is 36.7 Å². The monoisotopic (exact) mass is 414 g/mol. The predicted molar refractivity (Wildman–Crippen MR) is 99.6 cm³/mol. The molecular formula is C20H26FeN2O4. The summed E-state index contributed by atoms with van der Waals surface area (Å²) in [4.78, 5) is 28.6. The summed E-state index contributed by atoms with van der Waals surface area (Å²) < 4.78 is 0. The fourth-order valence-corrected chi connectivity index (χ4v) is 2.16. The molecule has 0 aromatic carbocycles. The van der Waals surface area contributed by atoms with Crippen LogP contribution in [0.2, 0.25) is 0 Å². The van der Waals surface area contributed by atoms with Crippen molar-refractivity contribution < 1.29 is 36.9 Å². The first-order chi connectivity index (χ1) is 12.5. The smallest absolute Gasteiger partial charge is 0.354 e. The first-order valence-corrected chi connectivity index (χ1v) is 8.84. The molecule has 27 heavy (non-hydrogen) atoms. The van der Waals surface area contributed by atoms with E-state index in [2.05, 4.69) is 23.8 Å². The average Bonchev–Trinajstić information content (AvgIpc) is 2.66. The molecule has 2 aromatic heterocycles. The Morgan fingerprint density at radius 1 is 0.778 bits per heavy atom. The second-order valence-electron chi connectivity index (χ2n) is 5.92. The van der Waals surface area contributed by atoms with E-state index in [0.29, 0.717) is 0 Å². The maximum absolute atomic E-state index is 10.5. The Balaban J connectivity index is 0.000000483. The number of carboxylic acids is 2. The molecule has 0 radical (unpaired) electrons. The average molecular weight is 414 g/mol. The molecule has 0 fully saturated rings. The molecule has 0 saturated carbocycles. The zero-order valence-electron chi connectivity index (χ0n) is 15.7. The SMILES string of the molecule is CCCCc1ccc(C(=O)O)nc1.CCCCc1ccc(C(=O)O)nc1.[Fe]. The van der Waals surface area contributed by atoms with Gasteiger partial charge in [0.2, 0.25) is 0 Å². The van der Waals surface area contributed by atoms with Gasteiger partial charge in [0.25, 0.3) is 0 Å². The molecule has 0 spiro atoms. The van der Waals surface area contributed by atoms with Crippen LogP contribution < -0.4 is 0 Å². The molecule has 0 aliphatic heterocycles. The topological polar surface area (TPSA) is 100 Å². The van der Waals surface area contributed by atoms with Crippen molar-refractivity contribution in [2.75, 3.05) is 0 Å². The fourth-order valence-electron chi connectivity index (χ4n) is 2.16. The molecule has 0 amide bonds. The van der Waals surface area contributed by atoms with Gasteiger partial charge in [-0.2, -0.15) is 0 Å². The Morgan fingerprint density at radius 3 is 1.37 bits per heavy atom. The number of carboxylic acid groups (broad SMARTS) is 2. The number of nitrogens with zero attached hydrogens (tertiary/aromatic N) is 2. The number of pyridine rings is 2. The summed E-state index contributed by atoms with van der Waals surface area (Å²) in [6, 6.07) is 6.75. The number of aromatic nitrogens is 2. The third kappa shape index (κ3) is 9.87. The molecule has 0 aliphatic rings. The van der Waals surface area contributed by atoms with E-state index in [-0.39, 0.29) is 28.5 Å². The molecular weight excluding hydrogens is 388 g/mol. The van der Waals surface area contributed by atoms with Crippen molar-refractivity contribution in [2.45, 2.75) is 52.4 Å². The van der Waals surface area contributed by atoms with Gasteiger partial charge in [0.15, 0.2) is 0 Å². The van der Waals surface area contributed by atoms with Crippen molar-refractivity contribution in [3.05, 3.63) is 59.2 Å². The summed E-state index contributed by atoms with van der Waals surface area (Å²) in [6.45, 7) is 4.25.